The summed E-state index contributed by atoms with van der Waals surface area (Å²) in [6, 6.07) is 24.2. The van der Waals surface area contributed by atoms with E-state index in [0.717, 1.165) is 82.1 Å². The van der Waals surface area contributed by atoms with Crippen molar-refractivity contribution in [1.29, 1.82) is 0 Å². The monoisotopic (exact) mass is 1020 g/mol. The molecule has 353 valence electrons. The van der Waals surface area contributed by atoms with Crippen molar-refractivity contribution in [1.82, 2.24) is 39.5 Å². The summed E-state index contributed by atoms with van der Waals surface area (Å²) in [4.78, 5) is 35.4. The van der Waals surface area contributed by atoms with Gasteiger partial charge < -0.3 is 15.4 Å². The van der Waals surface area contributed by atoms with E-state index >= 15 is 0 Å². The van der Waals surface area contributed by atoms with Crippen LogP contribution in [0.5, 0.6) is 0 Å². The molecule has 0 fully saturated rings. The molecule has 0 spiro atoms. The summed E-state index contributed by atoms with van der Waals surface area (Å²) in [5.41, 5.74) is 4.45. The summed E-state index contributed by atoms with van der Waals surface area (Å²) >= 11 is 0. The van der Waals surface area contributed by atoms with Gasteiger partial charge in [0, 0.05) is 100 Å². The molecule has 0 atom stereocenters. The second-order valence-electron chi connectivity index (χ2n) is 12.6. The van der Waals surface area contributed by atoms with Gasteiger partial charge in [0.2, 0.25) is 0 Å². The van der Waals surface area contributed by atoms with Crippen LogP contribution in [0, 0.1) is 0 Å². The predicted molar refractivity (Wildman–Crippen MR) is 204 cm³/mol. The molecule has 27 heteroatoms. The zero-order valence-corrected chi connectivity index (χ0v) is 37.4. The van der Waals surface area contributed by atoms with E-state index in [-0.39, 0.29) is 39.6 Å². The third-order valence-electron chi connectivity index (χ3n) is 6.36. The van der Waals surface area contributed by atoms with Gasteiger partial charge in [-0.25, -0.2) is 0 Å². The van der Waals surface area contributed by atoms with Crippen molar-refractivity contribution >= 4 is 21.6 Å². The summed E-state index contributed by atoms with van der Waals surface area (Å²) in [5, 5.41) is 8.89. The summed E-state index contributed by atoms with van der Waals surface area (Å²) in [6.07, 6.45) is 7.37. The number of carbonyl (C=O) groups is 1. The molecule has 0 aliphatic rings. The van der Waals surface area contributed by atoms with Crippen LogP contribution in [0.3, 0.4) is 0 Å². The molecular weight excluding hydrogens is 970 g/mol. The molecule has 61 heavy (non-hydrogen) atoms. The molecule has 0 saturated heterocycles. The zero-order valence-electron chi connectivity index (χ0n) is 33.4. The van der Waals surface area contributed by atoms with Crippen LogP contribution in [-0.2, 0) is 65.1 Å². The molecule has 0 unspecified atom stereocenters. The van der Waals surface area contributed by atoms with E-state index in [1.807, 2.05) is 73.3 Å². The number of halogens is 12. The van der Waals surface area contributed by atoms with Gasteiger partial charge in [-0.2, -0.15) is 0 Å². The van der Waals surface area contributed by atoms with Crippen molar-refractivity contribution in [3.63, 3.8) is 0 Å². The molecule has 0 aromatic carbocycles. The van der Waals surface area contributed by atoms with Gasteiger partial charge in [0.15, 0.2) is 0 Å². The number of aliphatic carboxylic acids is 1. The van der Waals surface area contributed by atoms with Crippen LogP contribution >= 0.6 is 15.6 Å². The summed E-state index contributed by atoms with van der Waals surface area (Å²) in [6.45, 7) is 8.58. The average molecular weight is 1020 g/mol. The van der Waals surface area contributed by atoms with Gasteiger partial charge in [-0.3, -0.25) is 39.5 Å². The Bertz CT molecular complexity index is 1500. The van der Waals surface area contributed by atoms with E-state index in [4.69, 9.17) is 9.90 Å². The fourth-order valence-corrected chi connectivity index (χ4v) is 4.07. The van der Waals surface area contributed by atoms with Crippen molar-refractivity contribution in [3.8, 4) is 0 Å². The number of carboxylic acid groups (broad SMARTS) is 1. The largest absolute Gasteiger partial charge is 3.00 e. The SMILES string of the molecule is CC(=O)[O-].CN(CCN(C)Cc1ccccn1)Cc1ccccn1.CN(CCN(C)Cc1ccccn1)Cc1ccccn1.F[P-](F)(F)(F)(F)F.F[P-](F)(F)(F)(F)F.O.[Fe+3].[Fe]. The molecule has 4 rings (SSSR count). The number of carboxylic acids is 1. The van der Waals surface area contributed by atoms with Gasteiger partial charge in [-0.15, -0.1) is 0 Å². The molecule has 0 amide bonds. The molecule has 0 saturated carbocycles. The molecule has 4 aromatic heterocycles. The Labute approximate surface area is 367 Å². The predicted octanol–water partition coefficient (Wildman–Crippen LogP) is 8.77. The number of hydrogen-bond acceptors (Lipinski definition) is 10. The number of carbonyl (C=O) groups excluding carboxylic acids is 1. The molecule has 2 N–H and O–H groups in total. The van der Waals surface area contributed by atoms with Crippen LogP contribution in [-0.4, -0.2) is 105 Å². The van der Waals surface area contributed by atoms with Gasteiger partial charge in [0.05, 0.1) is 22.8 Å². The Balaban J connectivity index is -0.000000370. The van der Waals surface area contributed by atoms with E-state index < -0.39 is 21.6 Å². The maximum Gasteiger partial charge on any atom is 3.00 e. The first-order chi connectivity index (χ1) is 26.1. The van der Waals surface area contributed by atoms with E-state index in [9.17, 15) is 50.4 Å². The number of hydrogen-bond donors (Lipinski definition) is 0. The molecule has 0 aliphatic carbocycles. The fraction of sp³-hybridized carbons (Fsp3) is 0.382. The Morgan fingerprint density at radius 2 is 0.623 bits per heavy atom. The first-order valence-electron chi connectivity index (χ1n) is 16.8. The minimum absolute atomic E-state index is 0. The quantitative estimate of drug-likeness (QED) is 0.0686. The van der Waals surface area contributed by atoms with Crippen molar-refractivity contribution in [3.05, 3.63) is 120 Å². The van der Waals surface area contributed by atoms with E-state index in [1.54, 1.807) is 0 Å². The van der Waals surface area contributed by atoms with Crippen LogP contribution < -0.4 is 5.11 Å². The van der Waals surface area contributed by atoms with Gasteiger partial charge in [0.1, 0.15) is 0 Å². The number of rotatable bonds is 14. The Morgan fingerprint density at radius 3 is 0.738 bits per heavy atom. The molecule has 11 nitrogen and oxygen atoms in total. The van der Waals surface area contributed by atoms with Crippen molar-refractivity contribution in [2.75, 3.05) is 54.4 Å². The van der Waals surface area contributed by atoms with Crippen molar-refractivity contribution in [2.24, 2.45) is 0 Å². The third-order valence-corrected chi connectivity index (χ3v) is 6.36. The van der Waals surface area contributed by atoms with Crippen LogP contribution in [0.4, 0.5) is 50.4 Å². The fourth-order valence-electron chi connectivity index (χ4n) is 4.07. The molecule has 1 radical (unpaired) electrons. The number of pyridine rings is 4. The Hall–Kier alpha value is -3.07. The van der Waals surface area contributed by atoms with Gasteiger partial charge in [-0.05, 0) is 83.6 Å². The molecular formula is C34H49F12Fe2N8O3P2. The van der Waals surface area contributed by atoms with Crippen LogP contribution in [0.25, 0.3) is 0 Å². The second kappa shape index (κ2) is 26.5. The number of aromatic nitrogens is 4. The Morgan fingerprint density at radius 1 is 0.475 bits per heavy atom. The average Bonchev–Trinajstić information content (AvgIpc) is 3.06. The first kappa shape index (κ1) is 64.6. The van der Waals surface area contributed by atoms with Gasteiger partial charge in [-0.1, -0.05) is 24.3 Å². The maximum absolute atomic E-state index is 10.7. The topological polar surface area (TPSA) is 136 Å². The van der Waals surface area contributed by atoms with Crippen LogP contribution in [0.15, 0.2) is 97.6 Å². The van der Waals surface area contributed by atoms with Gasteiger partial charge in [0.25, 0.3) is 0 Å². The van der Waals surface area contributed by atoms with E-state index in [0.29, 0.717) is 0 Å². The molecule has 4 heterocycles. The molecule has 4 aromatic rings. The van der Waals surface area contributed by atoms with Crippen molar-refractivity contribution in [2.45, 2.75) is 33.1 Å². The van der Waals surface area contributed by atoms with Crippen LogP contribution in [0.1, 0.15) is 29.7 Å². The minimum Gasteiger partial charge on any atom is -0.412 e. The summed E-state index contributed by atoms with van der Waals surface area (Å²) < 4.78 is 118. The minimum atomic E-state index is -10.7. The molecule has 0 aliphatic heterocycles. The third kappa shape index (κ3) is 56.9. The van der Waals surface area contributed by atoms with Crippen LogP contribution in [0.2, 0.25) is 0 Å². The number of likely N-dealkylation sites (N-methyl/N-ethyl adjacent to an activating group) is 4. The van der Waals surface area contributed by atoms with Gasteiger partial charge >= 0.3 is 83.0 Å². The zero-order chi connectivity index (χ0) is 44.8. The molecule has 0 bridgehead atoms. The first-order valence-corrected chi connectivity index (χ1v) is 20.8. The summed E-state index contributed by atoms with van der Waals surface area (Å²) in [5.74, 6) is -1.08. The Kier molecular flexibility index (Phi) is 28.1. The normalized spacial score (nSPS) is 13.1. The maximum atomic E-state index is 9.87. The summed E-state index contributed by atoms with van der Waals surface area (Å²) in [7, 11) is -12.8. The van der Waals surface area contributed by atoms with Crippen molar-refractivity contribution < 1.29 is 99.9 Å². The second-order valence-corrected chi connectivity index (χ2v) is 16.5. The number of nitrogens with zero attached hydrogens (tertiary/aromatic N) is 8. The smallest absolute Gasteiger partial charge is 0.412 e. The van der Waals surface area contributed by atoms with E-state index in [1.165, 1.54) is 0 Å². The van der Waals surface area contributed by atoms with E-state index in [2.05, 4.69) is 92.0 Å². The standard InChI is InChI=1S/2C16H22N4.C2H4O2.2F6P.2Fe.H2O/c2*1-19(13-15-7-3-5-9-17-15)11-12-20(2)14-16-8-4-6-10-18-16;1-2(3)4;2*1-7(2,3,4,5)6;;;/h2*3-10H,11-14H2,1-2H3;1H3,(H,3,4);;;;;1H2/q;;;2*-1;;+3;/p-1.